The Morgan fingerprint density at radius 2 is 1.65 bits per heavy atom. The summed E-state index contributed by atoms with van der Waals surface area (Å²) in [6.45, 7) is -0.183. The highest BCUT2D eigenvalue weighted by Gasteiger charge is 2.15. The first kappa shape index (κ1) is 23.1. The standard InChI is InChI=1S/C22H16Cl3F2NO3/c1-28-21(30)10-31-13-8-16(23)15(17(24)9-13)5-11-2-3-20(29)14(4-11)12-6-18(26)22(25)19(27)7-12/h2-4,6-9,29H,5,10H2,1H3,(H,28,30). The molecule has 0 saturated heterocycles. The van der Waals surface area contributed by atoms with Gasteiger partial charge in [0.05, 0.1) is 0 Å². The number of nitrogens with one attached hydrogen (secondary N) is 1. The van der Waals surface area contributed by atoms with E-state index < -0.39 is 16.7 Å². The Balaban J connectivity index is 1.90. The van der Waals surface area contributed by atoms with Crippen LogP contribution < -0.4 is 10.1 Å². The zero-order valence-electron chi connectivity index (χ0n) is 16.1. The largest absolute Gasteiger partial charge is 0.507 e. The van der Waals surface area contributed by atoms with Gasteiger partial charge in [-0.15, -0.1) is 0 Å². The van der Waals surface area contributed by atoms with E-state index in [-0.39, 0.29) is 35.8 Å². The predicted molar refractivity (Wildman–Crippen MR) is 117 cm³/mol. The topological polar surface area (TPSA) is 58.6 Å². The van der Waals surface area contributed by atoms with Gasteiger partial charge in [-0.25, -0.2) is 8.78 Å². The highest BCUT2D eigenvalue weighted by atomic mass is 35.5. The molecule has 3 aromatic rings. The minimum atomic E-state index is -0.931. The molecule has 0 aromatic heterocycles. The number of benzene rings is 3. The van der Waals surface area contributed by atoms with E-state index in [0.717, 1.165) is 12.1 Å². The summed E-state index contributed by atoms with van der Waals surface area (Å²) in [5, 5.41) is 12.7. The van der Waals surface area contributed by atoms with Crippen LogP contribution in [0.25, 0.3) is 11.1 Å². The number of aromatic hydroxyl groups is 1. The fourth-order valence-corrected chi connectivity index (χ4v) is 3.60. The van der Waals surface area contributed by atoms with Gasteiger partial charge in [0.1, 0.15) is 28.2 Å². The van der Waals surface area contributed by atoms with Crippen LogP contribution in [0.3, 0.4) is 0 Å². The second-order valence-corrected chi connectivity index (χ2v) is 7.80. The Morgan fingerprint density at radius 1 is 1.03 bits per heavy atom. The van der Waals surface area contributed by atoms with E-state index in [9.17, 15) is 18.7 Å². The Morgan fingerprint density at radius 3 is 2.23 bits per heavy atom. The minimum Gasteiger partial charge on any atom is -0.507 e. The Bertz CT molecular complexity index is 1110. The number of hydrogen-bond donors (Lipinski definition) is 2. The van der Waals surface area contributed by atoms with Gasteiger partial charge >= 0.3 is 0 Å². The number of hydrogen-bond acceptors (Lipinski definition) is 3. The number of ether oxygens (including phenoxy) is 1. The molecule has 0 fully saturated rings. The van der Waals surface area contributed by atoms with Crippen LogP contribution in [0.5, 0.6) is 11.5 Å². The van der Waals surface area contributed by atoms with Gasteiger partial charge < -0.3 is 15.2 Å². The van der Waals surface area contributed by atoms with Crippen LogP contribution in [0.15, 0.2) is 42.5 Å². The van der Waals surface area contributed by atoms with E-state index in [1.54, 1.807) is 12.1 Å². The van der Waals surface area contributed by atoms with Crippen LogP contribution in [0, 0.1) is 11.6 Å². The third-order valence-electron chi connectivity index (χ3n) is 4.50. The van der Waals surface area contributed by atoms with Crippen LogP contribution in [-0.2, 0) is 11.2 Å². The SMILES string of the molecule is CNC(=O)COc1cc(Cl)c(Cc2ccc(O)c(-c3cc(F)c(Cl)c(F)c3)c2)c(Cl)c1. The first-order chi connectivity index (χ1) is 14.7. The van der Waals surface area contributed by atoms with Crippen LogP contribution in [0.4, 0.5) is 8.78 Å². The van der Waals surface area contributed by atoms with Crippen molar-refractivity contribution in [2.75, 3.05) is 13.7 Å². The summed E-state index contributed by atoms with van der Waals surface area (Å²) in [6.07, 6.45) is 0.277. The molecule has 4 nitrogen and oxygen atoms in total. The summed E-state index contributed by atoms with van der Waals surface area (Å²) in [6, 6.07) is 9.81. The van der Waals surface area contributed by atoms with Crippen molar-refractivity contribution in [3.8, 4) is 22.6 Å². The van der Waals surface area contributed by atoms with Gasteiger partial charge in [-0.2, -0.15) is 0 Å². The Kier molecular flexibility index (Phi) is 7.26. The number of phenolic OH excluding ortho intramolecular Hbond substituents is 1. The van der Waals surface area contributed by atoms with E-state index in [1.165, 1.54) is 25.2 Å². The van der Waals surface area contributed by atoms with Crippen molar-refractivity contribution in [1.29, 1.82) is 0 Å². The van der Waals surface area contributed by atoms with Crippen LogP contribution in [0.2, 0.25) is 15.1 Å². The lowest BCUT2D eigenvalue weighted by molar-refractivity contribution is -0.122. The molecule has 0 saturated carbocycles. The molecule has 0 spiro atoms. The molecule has 3 rings (SSSR count). The molecular formula is C22H16Cl3F2NO3. The summed E-state index contributed by atoms with van der Waals surface area (Å²) in [4.78, 5) is 11.3. The maximum absolute atomic E-state index is 13.9. The van der Waals surface area contributed by atoms with Crippen molar-refractivity contribution in [2.24, 2.45) is 0 Å². The number of phenols is 1. The van der Waals surface area contributed by atoms with Gasteiger partial charge in [-0.1, -0.05) is 40.9 Å². The molecule has 3 aromatic carbocycles. The third kappa shape index (κ3) is 5.39. The predicted octanol–water partition coefficient (Wildman–Crippen LogP) is 6.01. The average molecular weight is 487 g/mol. The molecule has 0 aliphatic carbocycles. The Labute approximate surface area is 192 Å². The summed E-state index contributed by atoms with van der Waals surface area (Å²) in [7, 11) is 1.49. The summed E-state index contributed by atoms with van der Waals surface area (Å²) >= 11 is 18.2. The second-order valence-electron chi connectivity index (χ2n) is 6.61. The van der Waals surface area contributed by atoms with Crippen molar-refractivity contribution < 1.29 is 23.4 Å². The summed E-state index contributed by atoms with van der Waals surface area (Å²) in [5.74, 6) is -1.98. The zero-order chi connectivity index (χ0) is 22.7. The monoisotopic (exact) mass is 485 g/mol. The fourth-order valence-electron chi connectivity index (χ4n) is 2.89. The lowest BCUT2D eigenvalue weighted by Gasteiger charge is -2.13. The number of halogens is 5. The lowest BCUT2D eigenvalue weighted by atomic mass is 9.98. The van der Waals surface area contributed by atoms with Crippen LogP contribution in [-0.4, -0.2) is 24.7 Å². The smallest absolute Gasteiger partial charge is 0.257 e. The van der Waals surface area contributed by atoms with Crippen LogP contribution in [0.1, 0.15) is 11.1 Å². The molecule has 1 amide bonds. The van der Waals surface area contributed by atoms with Gasteiger partial charge in [0, 0.05) is 29.1 Å². The lowest BCUT2D eigenvalue weighted by Crippen LogP contribution is -2.24. The van der Waals surface area contributed by atoms with Crippen molar-refractivity contribution in [2.45, 2.75) is 6.42 Å². The first-order valence-electron chi connectivity index (χ1n) is 8.97. The van der Waals surface area contributed by atoms with Gasteiger partial charge in [-0.3, -0.25) is 4.79 Å². The molecule has 0 aliphatic rings. The molecule has 0 bridgehead atoms. The number of carbonyl (C=O) groups excluding carboxylic acids is 1. The molecule has 0 radical (unpaired) electrons. The molecule has 0 atom stereocenters. The Hall–Kier alpha value is -2.54. The molecule has 162 valence electrons. The molecule has 0 unspecified atom stereocenters. The number of likely N-dealkylation sites (N-methyl/N-ethyl adjacent to an activating group) is 1. The van der Waals surface area contributed by atoms with E-state index in [2.05, 4.69) is 5.32 Å². The number of rotatable bonds is 6. The maximum Gasteiger partial charge on any atom is 0.257 e. The third-order valence-corrected chi connectivity index (χ3v) is 5.54. The van der Waals surface area contributed by atoms with Gasteiger partial charge in [-0.05, 0) is 53.1 Å². The summed E-state index contributed by atoms with van der Waals surface area (Å²) < 4.78 is 33.1. The van der Waals surface area contributed by atoms with Crippen molar-refractivity contribution in [3.05, 3.63) is 80.3 Å². The normalized spacial score (nSPS) is 10.8. The molecule has 31 heavy (non-hydrogen) atoms. The van der Waals surface area contributed by atoms with Gasteiger partial charge in [0.2, 0.25) is 0 Å². The van der Waals surface area contributed by atoms with E-state index in [4.69, 9.17) is 39.5 Å². The van der Waals surface area contributed by atoms with E-state index >= 15 is 0 Å². The molecule has 2 N–H and O–H groups in total. The van der Waals surface area contributed by atoms with Crippen LogP contribution >= 0.6 is 34.8 Å². The van der Waals surface area contributed by atoms with E-state index in [1.807, 2.05) is 0 Å². The number of carbonyl (C=O) groups is 1. The quantitative estimate of drug-likeness (QED) is 0.419. The highest BCUT2D eigenvalue weighted by molar-refractivity contribution is 6.36. The zero-order valence-corrected chi connectivity index (χ0v) is 18.4. The van der Waals surface area contributed by atoms with Crippen molar-refractivity contribution in [3.63, 3.8) is 0 Å². The van der Waals surface area contributed by atoms with Gasteiger partial charge in [0.25, 0.3) is 5.91 Å². The van der Waals surface area contributed by atoms with Crippen molar-refractivity contribution in [1.82, 2.24) is 5.32 Å². The maximum atomic E-state index is 13.9. The minimum absolute atomic E-state index is 0.133. The molecule has 0 heterocycles. The van der Waals surface area contributed by atoms with Crippen molar-refractivity contribution >= 4 is 40.7 Å². The summed E-state index contributed by atoms with van der Waals surface area (Å²) in [5.41, 5.74) is 1.63. The molecule has 9 heteroatoms. The molecular weight excluding hydrogens is 471 g/mol. The van der Waals surface area contributed by atoms with Gasteiger partial charge in [0.15, 0.2) is 6.61 Å². The fraction of sp³-hybridized carbons (Fsp3) is 0.136. The number of amides is 1. The second kappa shape index (κ2) is 9.73. The first-order valence-corrected chi connectivity index (χ1v) is 10.1. The highest BCUT2D eigenvalue weighted by Crippen LogP contribution is 2.36. The van der Waals surface area contributed by atoms with E-state index in [0.29, 0.717) is 26.9 Å². The molecule has 0 aliphatic heterocycles. The average Bonchev–Trinajstić information content (AvgIpc) is 2.73.